The van der Waals surface area contributed by atoms with Crippen LogP contribution in [0.15, 0.2) is 53.0 Å². The lowest BCUT2D eigenvalue weighted by Gasteiger charge is -2.32. The number of rotatable bonds is 5. The van der Waals surface area contributed by atoms with Gasteiger partial charge in [-0.2, -0.15) is 0 Å². The van der Waals surface area contributed by atoms with Crippen molar-refractivity contribution in [1.29, 1.82) is 0 Å². The monoisotopic (exact) mass is 438 g/mol. The highest BCUT2D eigenvalue weighted by Gasteiger charge is 2.18. The number of aromatic nitrogens is 1. The van der Waals surface area contributed by atoms with E-state index < -0.39 is 0 Å². The van der Waals surface area contributed by atoms with Gasteiger partial charge in [0.1, 0.15) is 5.84 Å². The summed E-state index contributed by atoms with van der Waals surface area (Å²) >= 11 is 1.61. The molecule has 4 nitrogen and oxygen atoms in total. The first-order valence-corrected chi connectivity index (χ1v) is 10.3. The van der Waals surface area contributed by atoms with Crippen LogP contribution >= 0.6 is 36.2 Å². The summed E-state index contributed by atoms with van der Waals surface area (Å²) in [4.78, 5) is 8.12. The Hall–Kier alpha value is -1.53. The Morgan fingerprint density at radius 1 is 1.21 bits per heavy atom. The number of nitrogens with zero attached hydrogens (tertiary/aromatic N) is 3. The number of thiophene rings is 1. The Labute approximate surface area is 183 Å². The van der Waals surface area contributed by atoms with E-state index in [1.165, 1.54) is 43.1 Å². The molecule has 1 unspecified atom stereocenters. The lowest BCUT2D eigenvalue weighted by molar-refractivity contribution is 0.171. The van der Waals surface area contributed by atoms with E-state index in [1.807, 2.05) is 17.5 Å². The molecule has 1 aliphatic rings. The fourth-order valence-electron chi connectivity index (χ4n) is 3.87. The summed E-state index contributed by atoms with van der Waals surface area (Å²) in [6.07, 6.45) is 7.46. The van der Waals surface area contributed by atoms with E-state index in [9.17, 15) is 0 Å². The van der Waals surface area contributed by atoms with Crippen LogP contribution in [-0.2, 0) is 6.54 Å². The molecule has 1 aromatic carbocycles. The van der Waals surface area contributed by atoms with Crippen LogP contribution in [0.4, 0.5) is 5.69 Å². The third-order valence-electron chi connectivity index (χ3n) is 5.40. The van der Waals surface area contributed by atoms with Crippen molar-refractivity contribution in [2.75, 3.05) is 13.6 Å². The molecule has 28 heavy (non-hydrogen) atoms. The Bertz CT molecular complexity index is 904. The van der Waals surface area contributed by atoms with Gasteiger partial charge in [0.2, 0.25) is 0 Å². The maximum atomic E-state index is 6.11. The van der Waals surface area contributed by atoms with Crippen molar-refractivity contribution in [3.8, 4) is 0 Å². The van der Waals surface area contributed by atoms with Crippen LogP contribution in [-0.4, -0.2) is 34.9 Å². The van der Waals surface area contributed by atoms with Crippen molar-refractivity contribution in [1.82, 2.24) is 9.47 Å². The second-order valence-corrected chi connectivity index (χ2v) is 8.09. The van der Waals surface area contributed by atoms with Crippen LogP contribution in [0.25, 0.3) is 10.9 Å². The molecule has 0 radical (unpaired) electrons. The molecule has 3 aromatic rings. The van der Waals surface area contributed by atoms with Crippen LogP contribution in [0.5, 0.6) is 0 Å². The van der Waals surface area contributed by atoms with Gasteiger partial charge in [-0.15, -0.1) is 36.2 Å². The molecule has 0 spiro atoms. The van der Waals surface area contributed by atoms with Gasteiger partial charge in [0.15, 0.2) is 0 Å². The zero-order valence-electron chi connectivity index (χ0n) is 16.1. The number of nitrogens with two attached hydrogens (primary N) is 1. The number of hydrogen-bond donors (Lipinski definition) is 1. The third kappa shape index (κ3) is 5.09. The lowest BCUT2D eigenvalue weighted by atomic mass is 10.0. The van der Waals surface area contributed by atoms with Crippen LogP contribution in [0, 0.1) is 0 Å². The summed E-state index contributed by atoms with van der Waals surface area (Å²) in [5.41, 5.74) is 8.30. The summed E-state index contributed by atoms with van der Waals surface area (Å²) in [6, 6.07) is 13.2. The number of aliphatic imine (C=N–C) groups is 1. The molecule has 0 amide bonds. The van der Waals surface area contributed by atoms with Gasteiger partial charge in [-0.3, -0.25) is 0 Å². The molecule has 2 N–H and O–H groups in total. The summed E-state index contributed by atoms with van der Waals surface area (Å²) in [5, 5.41) is 3.24. The van der Waals surface area contributed by atoms with E-state index >= 15 is 0 Å². The minimum atomic E-state index is 0. The highest BCUT2D eigenvalue weighted by Crippen LogP contribution is 2.25. The Morgan fingerprint density at radius 3 is 2.82 bits per heavy atom. The highest BCUT2D eigenvalue weighted by atomic mass is 35.5. The van der Waals surface area contributed by atoms with Crippen LogP contribution in [0.2, 0.25) is 0 Å². The van der Waals surface area contributed by atoms with E-state index in [0.29, 0.717) is 5.84 Å². The first-order chi connectivity index (χ1) is 12.7. The number of likely N-dealkylation sites (tertiary alicyclic amines) is 1. The first kappa shape index (κ1) is 22.8. The standard InChI is InChI=1S/C21H26N4S.2ClH/c1-24-11-3-2-5-18(24)10-13-25-12-9-16-15-17(7-8-19(16)25)23-21(22)20-6-4-14-26-20;;/h4,6-9,12,14-15,18H,2-3,5,10-11,13H2,1H3,(H2,22,23);2*1H. The molecule has 0 aliphatic carbocycles. The predicted molar refractivity (Wildman–Crippen MR) is 126 cm³/mol. The molecule has 1 fully saturated rings. The first-order valence-electron chi connectivity index (χ1n) is 9.38. The molecular formula is C21H28Cl2N4S. The van der Waals surface area contributed by atoms with Gasteiger partial charge in [0.25, 0.3) is 0 Å². The number of halogens is 2. The lowest BCUT2D eigenvalue weighted by Crippen LogP contribution is -2.36. The highest BCUT2D eigenvalue weighted by molar-refractivity contribution is 7.12. The van der Waals surface area contributed by atoms with Gasteiger partial charge < -0.3 is 15.2 Å². The summed E-state index contributed by atoms with van der Waals surface area (Å²) < 4.78 is 2.37. The van der Waals surface area contributed by atoms with Crippen molar-refractivity contribution in [2.45, 2.75) is 38.3 Å². The van der Waals surface area contributed by atoms with Gasteiger partial charge in [0.05, 0.1) is 10.6 Å². The van der Waals surface area contributed by atoms with E-state index in [4.69, 9.17) is 5.73 Å². The van der Waals surface area contributed by atoms with Crippen LogP contribution in [0.1, 0.15) is 30.6 Å². The number of benzene rings is 1. The normalized spacial score (nSPS) is 17.9. The Morgan fingerprint density at radius 2 is 2.07 bits per heavy atom. The average molecular weight is 439 g/mol. The van der Waals surface area contributed by atoms with Crippen molar-refractivity contribution in [3.05, 3.63) is 52.9 Å². The van der Waals surface area contributed by atoms with Crippen LogP contribution in [0.3, 0.4) is 0 Å². The summed E-state index contributed by atoms with van der Waals surface area (Å²) in [5.74, 6) is 0.583. The van der Waals surface area contributed by atoms with Gasteiger partial charge in [-0.25, -0.2) is 4.99 Å². The van der Waals surface area contributed by atoms with Crippen molar-refractivity contribution < 1.29 is 0 Å². The molecule has 3 heterocycles. The SMILES string of the molecule is CN1CCCCC1CCn1ccc2cc(N=C(N)c3cccs3)ccc21.Cl.Cl. The van der Waals surface area contributed by atoms with Crippen LogP contribution < -0.4 is 5.73 Å². The van der Waals surface area contributed by atoms with Crippen molar-refractivity contribution in [3.63, 3.8) is 0 Å². The van der Waals surface area contributed by atoms with Gasteiger partial charge in [-0.1, -0.05) is 12.5 Å². The molecule has 2 aromatic heterocycles. The van der Waals surface area contributed by atoms with E-state index in [0.717, 1.165) is 23.2 Å². The molecule has 0 bridgehead atoms. The number of amidine groups is 1. The van der Waals surface area contributed by atoms with Crippen molar-refractivity contribution >= 4 is 58.6 Å². The quantitative estimate of drug-likeness (QED) is 0.424. The summed E-state index contributed by atoms with van der Waals surface area (Å²) in [7, 11) is 2.26. The zero-order chi connectivity index (χ0) is 17.9. The molecule has 7 heteroatoms. The summed E-state index contributed by atoms with van der Waals surface area (Å²) in [6.45, 7) is 2.31. The second-order valence-electron chi connectivity index (χ2n) is 7.15. The fourth-order valence-corrected chi connectivity index (χ4v) is 4.49. The molecule has 0 saturated carbocycles. The third-order valence-corrected chi connectivity index (χ3v) is 6.29. The van der Waals surface area contributed by atoms with Crippen molar-refractivity contribution in [2.24, 2.45) is 10.7 Å². The molecule has 1 atom stereocenters. The average Bonchev–Trinajstić information content (AvgIpc) is 3.31. The molecule has 152 valence electrons. The Kier molecular flexibility index (Phi) is 8.38. The fraction of sp³-hybridized carbons (Fsp3) is 0.381. The number of fused-ring (bicyclic) bond motifs is 1. The van der Waals surface area contributed by atoms with Gasteiger partial charge in [0, 0.05) is 29.7 Å². The minimum absolute atomic E-state index is 0. The topological polar surface area (TPSA) is 46.5 Å². The predicted octanol–water partition coefficient (Wildman–Crippen LogP) is 5.46. The van der Waals surface area contributed by atoms with Gasteiger partial charge in [-0.05, 0) is 68.6 Å². The number of piperidine rings is 1. The molecular weight excluding hydrogens is 411 g/mol. The number of hydrogen-bond acceptors (Lipinski definition) is 3. The minimum Gasteiger partial charge on any atom is -0.383 e. The molecule has 1 saturated heterocycles. The Balaban J connectivity index is 0.00000140. The van der Waals surface area contributed by atoms with Gasteiger partial charge >= 0.3 is 0 Å². The largest absolute Gasteiger partial charge is 0.383 e. The van der Waals surface area contributed by atoms with E-state index in [2.05, 4.69) is 52.0 Å². The van der Waals surface area contributed by atoms with E-state index in [1.54, 1.807) is 11.3 Å². The van der Waals surface area contributed by atoms with E-state index in [-0.39, 0.29) is 24.8 Å². The maximum absolute atomic E-state index is 6.11. The maximum Gasteiger partial charge on any atom is 0.141 e. The zero-order valence-corrected chi connectivity index (χ0v) is 18.5. The smallest absolute Gasteiger partial charge is 0.141 e. The molecule has 1 aliphatic heterocycles. The number of aryl methyl sites for hydroxylation is 1. The second kappa shape index (κ2) is 10.3. The molecule has 4 rings (SSSR count).